The Bertz CT molecular complexity index is 1290. The smallest absolute Gasteiger partial charge is 0.249 e. The average molecular weight is 496 g/mol. The van der Waals surface area contributed by atoms with Crippen LogP contribution in [-0.4, -0.2) is 17.6 Å². The summed E-state index contributed by atoms with van der Waals surface area (Å²) >= 11 is 6.54. The van der Waals surface area contributed by atoms with Gasteiger partial charge in [-0.3, -0.25) is 15.0 Å². The van der Waals surface area contributed by atoms with Crippen LogP contribution in [-0.2, 0) is 17.8 Å². The Labute approximate surface area is 208 Å². The molecule has 35 heavy (non-hydrogen) atoms. The zero-order valence-corrected chi connectivity index (χ0v) is 20.2. The summed E-state index contributed by atoms with van der Waals surface area (Å²) in [6, 6.07) is 14.6. The summed E-state index contributed by atoms with van der Waals surface area (Å²) < 4.78 is 14.1. The van der Waals surface area contributed by atoms with E-state index in [9.17, 15) is 14.0 Å². The topological polar surface area (TPSA) is 134 Å². The lowest BCUT2D eigenvalue weighted by molar-refractivity contribution is -0.118. The monoisotopic (exact) mass is 495 g/mol. The lowest BCUT2D eigenvalue weighted by Gasteiger charge is -2.17. The van der Waals surface area contributed by atoms with Crippen LogP contribution >= 0.6 is 11.6 Å². The number of rotatable bonds is 9. The number of nitrogens with one attached hydrogen (secondary N) is 3. The first kappa shape index (κ1) is 25.7. The predicted molar refractivity (Wildman–Crippen MR) is 137 cm³/mol. The van der Waals surface area contributed by atoms with Gasteiger partial charge in [0.05, 0.1) is 0 Å². The van der Waals surface area contributed by atoms with Crippen molar-refractivity contribution in [2.24, 2.45) is 17.4 Å². The lowest BCUT2D eigenvalue weighted by Crippen LogP contribution is -2.20. The molecule has 7 nitrogen and oxygen atoms in total. The van der Waals surface area contributed by atoms with E-state index in [2.05, 4.69) is 10.6 Å². The third kappa shape index (κ3) is 6.36. The Morgan fingerprint density at radius 3 is 2.40 bits per heavy atom. The molecule has 0 saturated heterocycles. The first-order valence-corrected chi connectivity index (χ1v) is 11.3. The molecule has 0 fully saturated rings. The Hall–Kier alpha value is -3.91. The molecule has 182 valence electrons. The zero-order valence-electron chi connectivity index (χ0n) is 19.4. The molecule has 3 aromatic carbocycles. The van der Waals surface area contributed by atoms with E-state index in [0.29, 0.717) is 28.1 Å². The van der Waals surface area contributed by atoms with Gasteiger partial charge in [-0.25, -0.2) is 4.39 Å². The summed E-state index contributed by atoms with van der Waals surface area (Å²) in [6.07, 6.45) is 0.216. The molecule has 0 atom stereocenters. The van der Waals surface area contributed by atoms with E-state index < -0.39 is 5.91 Å². The molecule has 0 spiro atoms. The Balaban J connectivity index is 1.99. The number of hydrogen-bond donors (Lipinski definition) is 5. The third-order valence-electron chi connectivity index (χ3n) is 5.47. The number of hydrogen-bond acceptors (Lipinski definition) is 4. The van der Waals surface area contributed by atoms with Gasteiger partial charge in [0, 0.05) is 52.0 Å². The molecule has 9 heteroatoms. The van der Waals surface area contributed by atoms with Gasteiger partial charge in [0.25, 0.3) is 0 Å². The SMILES string of the molecule is CC(C)C(=O)Nc1cc(Cl)c(Cc2ccc(C(=N)N)cc2NCc2ccccc2F)c(C(N)=O)c1. The highest BCUT2D eigenvalue weighted by molar-refractivity contribution is 6.32. The molecule has 3 aromatic rings. The molecule has 0 bridgehead atoms. The molecular formula is C26H27ClFN5O2. The summed E-state index contributed by atoms with van der Waals surface area (Å²) in [5.41, 5.74) is 14.6. The Morgan fingerprint density at radius 2 is 1.77 bits per heavy atom. The number of amidine groups is 1. The maximum atomic E-state index is 14.1. The van der Waals surface area contributed by atoms with Gasteiger partial charge < -0.3 is 22.1 Å². The molecule has 0 radical (unpaired) electrons. The van der Waals surface area contributed by atoms with Gasteiger partial charge in [0.1, 0.15) is 11.7 Å². The Morgan fingerprint density at radius 1 is 1.06 bits per heavy atom. The van der Waals surface area contributed by atoms with Gasteiger partial charge in [0.15, 0.2) is 0 Å². The number of anilines is 2. The second-order valence-corrected chi connectivity index (χ2v) is 8.81. The van der Waals surface area contributed by atoms with Crippen molar-refractivity contribution >= 4 is 40.6 Å². The number of carbonyl (C=O) groups excluding carboxylic acids is 2. The van der Waals surface area contributed by atoms with E-state index >= 15 is 0 Å². The van der Waals surface area contributed by atoms with Gasteiger partial charge in [-0.1, -0.05) is 55.8 Å². The first-order chi connectivity index (χ1) is 16.6. The van der Waals surface area contributed by atoms with Crippen molar-refractivity contribution in [3.63, 3.8) is 0 Å². The van der Waals surface area contributed by atoms with Crippen LogP contribution < -0.4 is 22.1 Å². The maximum absolute atomic E-state index is 14.1. The quantitative estimate of drug-likeness (QED) is 0.218. The van der Waals surface area contributed by atoms with Crippen molar-refractivity contribution in [1.29, 1.82) is 5.41 Å². The number of nitrogen functional groups attached to an aromatic ring is 1. The molecule has 0 aliphatic heterocycles. The van der Waals surface area contributed by atoms with Crippen LogP contribution in [0.4, 0.5) is 15.8 Å². The summed E-state index contributed by atoms with van der Waals surface area (Å²) in [4.78, 5) is 24.4. The van der Waals surface area contributed by atoms with E-state index in [1.165, 1.54) is 12.1 Å². The average Bonchev–Trinajstić information content (AvgIpc) is 2.80. The predicted octanol–water partition coefficient (Wildman–Crippen LogP) is 4.66. The highest BCUT2D eigenvalue weighted by Gasteiger charge is 2.18. The van der Waals surface area contributed by atoms with Gasteiger partial charge in [-0.05, 0) is 35.4 Å². The van der Waals surface area contributed by atoms with Gasteiger partial charge in [0.2, 0.25) is 11.8 Å². The molecule has 0 heterocycles. The molecule has 2 amide bonds. The van der Waals surface area contributed by atoms with E-state index in [-0.39, 0.29) is 47.0 Å². The molecular weight excluding hydrogens is 469 g/mol. The molecule has 0 aliphatic rings. The molecule has 0 saturated carbocycles. The minimum atomic E-state index is -0.691. The van der Waals surface area contributed by atoms with Crippen LogP contribution in [0.1, 0.15) is 46.5 Å². The van der Waals surface area contributed by atoms with Crippen LogP contribution in [0, 0.1) is 17.1 Å². The molecule has 7 N–H and O–H groups in total. The van der Waals surface area contributed by atoms with Crippen molar-refractivity contribution in [3.05, 3.63) is 93.3 Å². The largest absolute Gasteiger partial charge is 0.384 e. The van der Waals surface area contributed by atoms with Crippen molar-refractivity contribution in [1.82, 2.24) is 0 Å². The number of halogens is 2. The second kappa shape index (κ2) is 11.0. The fourth-order valence-corrected chi connectivity index (χ4v) is 3.77. The third-order valence-corrected chi connectivity index (χ3v) is 5.81. The van der Waals surface area contributed by atoms with Gasteiger partial charge >= 0.3 is 0 Å². The molecule has 0 aliphatic carbocycles. The number of benzene rings is 3. The fourth-order valence-electron chi connectivity index (χ4n) is 3.48. The number of nitrogens with two attached hydrogens (primary N) is 2. The van der Waals surface area contributed by atoms with Crippen molar-refractivity contribution in [2.75, 3.05) is 10.6 Å². The zero-order chi connectivity index (χ0) is 25.7. The fraction of sp³-hybridized carbons (Fsp3) is 0.192. The van der Waals surface area contributed by atoms with Crippen LogP contribution in [0.15, 0.2) is 54.6 Å². The van der Waals surface area contributed by atoms with Gasteiger partial charge in [-0.2, -0.15) is 0 Å². The minimum Gasteiger partial charge on any atom is -0.384 e. The summed E-state index contributed by atoms with van der Waals surface area (Å²) in [7, 11) is 0. The van der Waals surface area contributed by atoms with E-state index in [0.717, 1.165) is 5.56 Å². The second-order valence-electron chi connectivity index (χ2n) is 8.40. The summed E-state index contributed by atoms with van der Waals surface area (Å²) in [5.74, 6) is -1.63. The maximum Gasteiger partial charge on any atom is 0.249 e. The molecule has 0 unspecified atom stereocenters. The summed E-state index contributed by atoms with van der Waals surface area (Å²) in [5, 5.41) is 13.9. The van der Waals surface area contributed by atoms with Gasteiger partial charge in [-0.15, -0.1) is 0 Å². The molecule has 0 aromatic heterocycles. The van der Waals surface area contributed by atoms with Crippen molar-refractivity contribution in [2.45, 2.75) is 26.8 Å². The number of amides is 2. The normalized spacial score (nSPS) is 10.8. The van der Waals surface area contributed by atoms with E-state index in [1.54, 1.807) is 56.3 Å². The van der Waals surface area contributed by atoms with Crippen LogP contribution in [0.25, 0.3) is 0 Å². The van der Waals surface area contributed by atoms with Crippen LogP contribution in [0.5, 0.6) is 0 Å². The van der Waals surface area contributed by atoms with E-state index in [1.807, 2.05) is 0 Å². The van der Waals surface area contributed by atoms with Crippen molar-refractivity contribution < 1.29 is 14.0 Å². The minimum absolute atomic E-state index is 0.119. The van der Waals surface area contributed by atoms with Crippen LogP contribution in [0.3, 0.4) is 0 Å². The highest BCUT2D eigenvalue weighted by Crippen LogP contribution is 2.31. The lowest BCUT2D eigenvalue weighted by atomic mass is 9.96. The van der Waals surface area contributed by atoms with Crippen molar-refractivity contribution in [3.8, 4) is 0 Å². The summed E-state index contributed by atoms with van der Waals surface area (Å²) in [6.45, 7) is 3.69. The standard InChI is InChI=1S/C26H27ClFN5O2/c1-14(2)26(35)33-18-11-20(25(31)34)19(21(27)12-18)9-15-7-8-16(24(29)30)10-23(15)32-13-17-5-3-4-6-22(17)28/h3-8,10-12,14,32H,9,13H2,1-2H3,(H3,29,30)(H2,31,34)(H,33,35). The van der Waals surface area contributed by atoms with E-state index in [4.69, 9.17) is 28.5 Å². The number of carbonyl (C=O) groups is 2. The molecule has 3 rings (SSSR count). The first-order valence-electron chi connectivity index (χ1n) is 10.9. The highest BCUT2D eigenvalue weighted by atomic mass is 35.5. The Kier molecular flexibility index (Phi) is 8.09. The number of primary amides is 1. The van der Waals surface area contributed by atoms with Crippen LogP contribution in [0.2, 0.25) is 5.02 Å².